The highest BCUT2D eigenvalue weighted by molar-refractivity contribution is 6.31. The summed E-state index contributed by atoms with van der Waals surface area (Å²) in [5.74, 6) is -0.402. The monoisotopic (exact) mass is 295 g/mol. The van der Waals surface area contributed by atoms with Gasteiger partial charge in [0.2, 0.25) is 0 Å². The number of urea groups is 1. The first kappa shape index (κ1) is 14.6. The third-order valence-electron chi connectivity index (χ3n) is 3.44. The number of benzene rings is 1. The molecule has 1 N–H and O–H groups in total. The molecule has 0 atom stereocenters. The predicted molar refractivity (Wildman–Crippen MR) is 73.6 cm³/mol. The molecule has 0 saturated carbocycles. The molecule has 1 aliphatic rings. The van der Waals surface area contributed by atoms with E-state index in [1.165, 1.54) is 12.1 Å². The van der Waals surface area contributed by atoms with E-state index < -0.39 is 5.82 Å². The van der Waals surface area contributed by atoms with Gasteiger partial charge < -0.3 is 10.2 Å². The summed E-state index contributed by atoms with van der Waals surface area (Å²) >= 11 is 5.90. The highest BCUT2D eigenvalue weighted by Crippen LogP contribution is 2.19. The van der Waals surface area contributed by atoms with Crippen molar-refractivity contribution in [1.29, 1.82) is 5.26 Å². The maximum Gasteiger partial charge on any atom is 0.317 e. The molecule has 0 bridgehead atoms. The number of nitrogens with one attached hydrogen (secondary N) is 1. The number of hydrogen-bond donors (Lipinski definition) is 1. The highest BCUT2D eigenvalue weighted by Gasteiger charge is 2.22. The number of carbonyl (C=O) groups is 1. The van der Waals surface area contributed by atoms with E-state index in [0.717, 1.165) is 0 Å². The molecule has 1 fully saturated rings. The minimum atomic E-state index is -0.430. The molecule has 0 unspecified atom stereocenters. The minimum absolute atomic E-state index is 0.0278. The van der Waals surface area contributed by atoms with Crippen LogP contribution in [0.2, 0.25) is 5.02 Å². The largest absolute Gasteiger partial charge is 0.334 e. The van der Waals surface area contributed by atoms with Gasteiger partial charge in [-0.05, 0) is 25.0 Å². The maximum atomic E-state index is 13.6. The Morgan fingerprint density at radius 2 is 2.20 bits per heavy atom. The Hall–Kier alpha value is -1.80. The van der Waals surface area contributed by atoms with Crippen molar-refractivity contribution in [3.05, 3.63) is 34.6 Å². The summed E-state index contributed by atoms with van der Waals surface area (Å²) in [6.07, 6.45) is 1.37. The lowest BCUT2D eigenvalue weighted by molar-refractivity contribution is 0.178. The molecular weight excluding hydrogens is 281 g/mol. The molecule has 0 radical (unpaired) electrons. The Kier molecular flexibility index (Phi) is 4.80. The predicted octanol–water partition coefficient (Wildman–Crippen LogP) is 2.92. The molecule has 4 nitrogen and oxygen atoms in total. The van der Waals surface area contributed by atoms with Crippen LogP contribution in [0, 0.1) is 23.1 Å². The first-order valence-corrected chi connectivity index (χ1v) is 6.85. The SMILES string of the molecule is N#CC1CCN(C(=O)NCc2c(F)cccc2Cl)CC1. The maximum absolute atomic E-state index is 13.6. The molecule has 1 heterocycles. The fourth-order valence-electron chi connectivity index (χ4n) is 2.19. The highest BCUT2D eigenvalue weighted by atomic mass is 35.5. The van der Waals surface area contributed by atoms with Crippen LogP contribution < -0.4 is 5.32 Å². The third kappa shape index (κ3) is 3.40. The van der Waals surface area contributed by atoms with Crippen molar-refractivity contribution >= 4 is 17.6 Å². The summed E-state index contributed by atoms with van der Waals surface area (Å²) in [4.78, 5) is 13.6. The zero-order valence-corrected chi connectivity index (χ0v) is 11.7. The molecule has 1 aromatic rings. The zero-order valence-electron chi connectivity index (χ0n) is 10.9. The molecule has 2 amide bonds. The van der Waals surface area contributed by atoms with Crippen LogP contribution >= 0.6 is 11.6 Å². The van der Waals surface area contributed by atoms with Crippen LogP contribution in [0.1, 0.15) is 18.4 Å². The number of piperidine rings is 1. The van der Waals surface area contributed by atoms with Crippen LogP contribution in [0.5, 0.6) is 0 Å². The van der Waals surface area contributed by atoms with Gasteiger partial charge in [-0.2, -0.15) is 5.26 Å². The van der Waals surface area contributed by atoms with Crippen molar-refractivity contribution in [2.45, 2.75) is 19.4 Å². The van der Waals surface area contributed by atoms with Crippen LogP contribution in [0.25, 0.3) is 0 Å². The average Bonchev–Trinajstić information content (AvgIpc) is 2.46. The summed E-state index contributed by atoms with van der Waals surface area (Å²) in [5.41, 5.74) is 0.287. The van der Waals surface area contributed by atoms with Gasteiger partial charge in [0.05, 0.1) is 6.07 Å². The van der Waals surface area contributed by atoms with Crippen LogP contribution in [0.15, 0.2) is 18.2 Å². The summed E-state index contributed by atoms with van der Waals surface area (Å²) in [6.45, 7) is 1.16. The summed E-state index contributed by atoms with van der Waals surface area (Å²) in [5, 5.41) is 11.8. The number of nitrogens with zero attached hydrogens (tertiary/aromatic N) is 2. The molecule has 6 heteroatoms. The van der Waals surface area contributed by atoms with Gasteiger partial charge in [-0.15, -0.1) is 0 Å². The van der Waals surface area contributed by atoms with Crippen molar-refractivity contribution in [1.82, 2.24) is 10.2 Å². The van der Waals surface area contributed by atoms with Crippen molar-refractivity contribution in [3.63, 3.8) is 0 Å². The Balaban J connectivity index is 1.89. The van der Waals surface area contributed by atoms with E-state index in [0.29, 0.717) is 31.0 Å². The molecule has 0 aliphatic carbocycles. The van der Waals surface area contributed by atoms with Gasteiger partial charge in [-0.25, -0.2) is 9.18 Å². The number of likely N-dealkylation sites (tertiary alicyclic amines) is 1. The lowest BCUT2D eigenvalue weighted by Crippen LogP contribution is -2.44. The fraction of sp³-hybridized carbons (Fsp3) is 0.429. The van der Waals surface area contributed by atoms with E-state index in [1.54, 1.807) is 11.0 Å². The minimum Gasteiger partial charge on any atom is -0.334 e. The van der Waals surface area contributed by atoms with Crippen LogP contribution in [-0.2, 0) is 6.54 Å². The van der Waals surface area contributed by atoms with Crippen molar-refractivity contribution in [3.8, 4) is 6.07 Å². The molecule has 1 aliphatic heterocycles. The molecule has 2 rings (SSSR count). The Bertz CT molecular complexity index is 515. The molecule has 0 spiro atoms. The average molecular weight is 296 g/mol. The number of halogens is 2. The van der Waals surface area contributed by atoms with Gasteiger partial charge in [-0.3, -0.25) is 0 Å². The van der Waals surface area contributed by atoms with Gasteiger partial charge in [0.1, 0.15) is 5.82 Å². The topological polar surface area (TPSA) is 56.1 Å². The quantitative estimate of drug-likeness (QED) is 0.912. The third-order valence-corrected chi connectivity index (χ3v) is 3.80. The number of carbonyl (C=O) groups excluding carboxylic acids is 1. The number of hydrogen-bond acceptors (Lipinski definition) is 2. The molecule has 1 saturated heterocycles. The fourth-order valence-corrected chi connectivity index (χ4v) is 2.42. The summed E-state index contributed by atoms with van der Waals surface area (Å²) in [7, 11) is 0. The Morgan fingerprint density at radius 3 is 2.80 bits per heavy atom. The number of rotatable bonds is 2. The number of amides is 2. The molecule has 20 heavy (non-hydrogen) atoms. The van der Waals surface area contributed by atoms with E-state index in [2.05, 4.69) is 11.4 Å². The lowest BCUT2D eigenvalue weighted by Gasteiger charge is -2.29. The second-order valence-corrected chi connectivity index (χ2v) is 5.16. The molecule has 106 valence electrons. The summed E-state index contributed by atoms with van der Waals surface area (Å²) < 4.78 is 13.6. The van der Waals surface area contributed by atoms with E-state index in [1.807, 2.05) is 0 Å². The molecule has 1 aromatic carbocycles. The van der Waals surface area contributed by atoms with Crippen molar-refractivity contribution < 1.29 is 9.18 Å². The Labute approximate surface area is 122 Å². The smallest absolute Gasteiger partial charge is 0.317 e. The van der Waals surface area contributed by atoms with E-state index in [4.69, 9.17) is 16.9 Å². The van der Waals surface area contributed by atoms with Gasteiger partial charge in [0.15, 0.2) is 0 Å². The number of nitriles is 1. The first-order valence-electron chi connectivity index (χ1n) is 6.47. The van der Waals surface area contributed by atoms with Gasteiger partial charge in [0.25, 0.3) is 0 Å². The van der Waals surface area contributed by atoms with E-state index in [9.17, 15) is 9.18 Å². The van der Waals surface area contributed by atoms with Gasteiger partial charge >= 0.3 is 6.03 Å². The zero-order chi connectivity index (χ0) is 14.5. The van der Waals surface area contributed by atoms with Crippen molar-refractivity contribution in [2.75, 3.05) is 13.1 Å². The summed E-state index contributed by atoms with van der Waals surface area (Å²) in [6, 6.07) is 6.38. The van der Waals surface area contributed by atoms with Gasteiger partial charge in [0, 0.05) is 36.1 Å². The first-order chi connectivity index (χ1) is 9.61. The van der Waals surface area contributed by atoms with Crippen LogP contribution in [0.3, 0.4) is 0 Å². The standard InChI is InChI=1S/C14H15ClFN3O/c15-12-2-1-3-13(16)11(12)9-18-14(20)19-6-4-10(8-17)5-7-19/h1-3,10H,4-7,9H2,(H,18,20). The normalized spacial score (nSPS) is 15.8. The van der Waals surface area contributed by atoms with Crippen LogP contribution in [-0.4, -0.2) is 24.0 Å². The van der Waals surface area contributed by atoms with Crippen molar-refractivity contribution in [2.24, 2.45) is 5.92 Å². The lowest BCUT2D eigenvalue weighted by atomic mass is 9.99. The molecule has 0 aromatic heterocycles. The second kappa shape index (κ2) is 6.58. The molecular formula is C14H15ClFN3O. The Morgan fingerprint density at radius 1 is 1.50 bits per heavy atom. The van der Waals surface area contributed by atoms with E-state index in [-0.39, 0.29) is 24.1 Å². The van der Waals surface area contributed by atoms with E-state index >= 15 is 0 Å². The second-order valence-electron chi connectivity index (χ2n) is 4.75. The van der Waals surface area contributed by atoms with Crippen LogP contribution in [0.4, 0.5) is 9.18 Å². The van der Waals surface area contributed by atoms with Gasteiger partial charge in [-0.1, -0.05) is 17.7 Å².